The molecule has 0 unspecified atom stereocenters. The predicted molar refractivity (Wildman–Crippen MR) is 136 cm³/mol. The molecule has 1 aliphatic heterocycles. The zero-order valence-corrected chi connectivity index (χ0v) is 21.8. The molecule has 32 heavy (non-hydrogen) atoms. The lowest BCUT2D eigenvalue weighted by atomic mass is 9.87. The van der Waals surface area contributed by atoms with Gasteiger partial charge in [0.1, 0.15) is 6.33 Å². The number of unbranched alkanes of at least 4 members (excludes halogenated alkanes) is 2. The standard InChI is InChI=1S/C26H49N5O/c1-7-9-16-30(17-10-8-2)24-27-21-28-25(29-24)31-18-13-23(14-19-31)32-20-26(5,6)15-11-12-22(3)4/h21-23H,7-20H2,1-6H3. The van der Waals surface area contributed by atoms with Crippen LogP contribution in [0.3, 0.4) is 0 Å². The Hall–Kier alpha value is -1.43. The van der Waals surface area contributed by atoms with Gasteiger partial charge in [-0.1, -0.05) is 67.2 Å². The van der Waals surface area contributed by atoms with E-state index in [-0.39, 0.29) is 5.41 Å². The second kappa shape index (κ2) is 14.0. The molecule has 1 fully saturated rings. The van der Waals surface area contributed by atoms with Crippen LogP contribution in [0.15, 0.2) is 6.33 Å². The largest absolute Gasteiger partial charge is 0.378 e. The molecule has 0 N–H and O–H groups in total. The van der Waals surface area contributed by atoms with Crippen LogP contribution in [0.4, 0.5) is 11.9 Å². The minimum absolute atomic E-state index is 0.259. The summed E-state index contributed by atoms with van der Waals surface area (Å²) < 4.78 is 6.35. The molecule has 2 rings (SSSR count). The fourth-order valence-electron chi connectivity index (χ4n) is 4.22. The highest BCUT2D eigenvalue weighted by Gasteiger charge is 2.25. The van der Waals surface area contributed by atoms with Crippen molar-refractivity contribution in [3.63, 3.8) is 0 Å². The second-order valence-electron chi connectivity index (χ2n) is 10.7. The van der Waals surface area contributed by atoms with Crippen LogP contribution in [0.25, 0.3) is 0 Å². The highest BCUT2D eigenvalue weighted by Crippen LogP contribution is 2.27. The van der Waals surface area contributed by atoms with E-state index in [4.69, 9.17) is 9.72 Å². The van der Waals surface area contributed by atoms with Gasteiger partial charge in [0.2, 0.25) is 11.9 Å². The lowest BCUT2D eigenvalue weighted by Crippen LogP contribution is -2.39. The summed E-state index contributed by atoms with van der Waals surface area (Å²) in [6.07, 6.45) is 12.7. The highest BCUT2D eigenvalue weighted by atomic mass is 16.5. The molecule has 0 radical (unpaired) electrons. The smallest absolute Gasteiger partial charge is 0.230 e. The molecule has 6 nitrogen and oxygen atoms in total. The number of anilines is 2. The summed E-state index contributed by atoms with van der Waals surface area (Å²) >= 11 is 0. The summed E-state index contributed by atoms with van der Waals surface area (Å²) in [7, 11) is 0. The summed E-state index contributed by atoms with van der Waals surface area (Å²) in [5, 5.41) is 0. The van der Waals surface area contributed by atoms with Crippen molar-refractivity contribution in [2.24, 2.45) is 11.3 Å². The average molecular weight is 448 g/mol. The number of ether oxygens (including phenoxy) is 1. The molecule has 1 aliphatic rings. The predicted octanol–water partition coefficient (Wildman–Crippen LogP) is 6.12. The molecule has 0 amide bonds. The maximum absolute atomic E-state index is 6.35. The fraction of sp³-hybridized carbons (Fsp3) is 0.885. The molecule has 0 bridgehead atoms. The van der Waals surface area contributed by atoms with Gasteiger partial charge in [0.15, 0.2) is 0 Å². The fourth-order valence-corrected chi connectivity index (χ4v) is 4.22. The van der Waals surface area contributed by atoms with Crippen molar-refractivity contribution in [3.8, 4) is 0 Å². The van der Waals surface area contributed by atoms with Crippen LogP contribution in [-0.4, -0.2) is 53.8 Å². The first-order chi connectivity index (χ1) is 15.3. The Labute approximate surface area is 197 Å². The van der Waals surface area contributed by atoms with Gasteiger partial charge in [-0.25, -0.2) is 9.97 Å². The van der Waals surface area contributed by atoms with E-state index in [1.54, 1.807) is 6.33 Å². The zero-order valence-electron chi connectivity index (χ0n) is 21.8. The minimum atomic E-state index is 0.259. The first kappa shape index (κ1) is 26.8. The molecule has 1 aromatic rings. The van der Waals surface area contributed by atoms with E-state index >= 15 is 0 Å². The van der Waals surface area contributed by atoms with Gasteiger partial charge in [0.05, 0.1) is 12.7 Å². The normalized spacial score (nSPS) is 15.5. The van der Waals surface area contributed by atoms with Crippen molar-refractivity contribution in [2.75, 3.05) is 42.6 Å². The first-order valence-electron chi connectivity index (χ1n) is 13.1. The lowest BCUT2D eigenvalue weighted by Gasteiger charge is -2.34. The molecule has 0 spiro atoms. The first-order valence-corrected chi connectivity index (χ1v) is 13.1. The Morgan fingerprint density at radius 2 is 1.72 bits per heavy atom. The molecule has 2 heterocycles. The summed E-state index contributed by atoms with van der Waals surface area (Å²) in [4.78, 5) is 18.5. The molecule has 184 valence electrons. The van der Waals surface area contributed by atoms with Crippen molar-refractivity contribution in [3.05, 3.63) is 6.33 Å². The monoisotopic (exact) mass is 447 g/mol. The summed E-state index contributed by atoms with van der Waals surface area (Å²) in [6.45, 7) is 18.6. The Balaban J connectivity index is 1.84. The van der Waals surface area contributed by atoms with E-state index < -0.39 is 0 Å². The zero-order chi connectivity index (χ0) is 23.4. The van der Waals surface area contributed by atoms with Crippen LogP contribution in [0.1, 0.15) is 99.3 Å². The number of aromatic nitrogens is 3. The number of nitrogens with zero attached hydrogens (tertiary/aromatic N) is 5. The van der Waals surface area contributed by atoms with Crippen molar-refractivity contribution in [2.45, 2.75) is 105 Å². The number of piperidine rings is 1. The van der Waals surface area contributed by atoms with Crippen molar-refractivity contribution >= 4 is 11.9 Å². The quantitative estimate of drug-likeness (QED) is 0.323. The van der Waals surface area contributed by atoms with Crippen LogP contribution in [0.5, 0.6) is 0 Å². The van der Waals surface area contributed by atoms with E-state index in [2.05, 4.69) is 61.3 Å². The number of rotatable bonds is 15. The summed E-state index contributed by atoms with van der Waals surface area (Å²) in [5.41, 5.74) is 0.259. The molecular weight excluding hydrogens is 398 g/mol. The van der Waals surface area contributed by atoms with Crippen molar-refractivity contribution < 1.29 is 4.74 Å². The van der Waals surface area contributed by atoms with Crippen LogP contribution >= 0.6 is 0 Å². The average Bonchev–Trinajstić information content (AvgIpc) is 2.78. The molecule has 6 heteroatoms. The Morgan fingerprint density at radius 3 is 2.31 bits per heavy atom. The molecular formula is C26H49N5O. The van der Waals surface area contributed by atoms with E-state index in [1.807, 2.05) is 0 Å². The maximum Gasteiger partial charge on any atom is 0.230 e. The van der Waals surface area contributed by atoms with Gasteiger partial charge in [-0.3, -0.25) is 0 Å². The lowest BCUT2D eigenvalue weighted by molar-refractivity contribution is -0.0121. The van der Waals surface area contributed by atoms with E-state index in [1.165, 1.54) is 44.9 Å². The van der Waals surface area contributed by atoms with Gasteiger partial charge >= 0.3 is 0 Å². The molecule has 1 saturated heterocycles. The van der Waals surface area contributed by atoms with Crippen LogP contribution in [0.2, 0.25) is 0 Å². The number of hydrogen-bond acceptors (Lipinski definition) is 6. The highest BCUT2D eigenvalue weighted by molar-refractivity contribution is 5.38. The van der Waals surface area contributed by atoms with Crippen molar-refractivity contribution in [1.29, 1.82) is 0 Å². The van der Waals surface area contributed by atoms with Crippen LogP contribution in [0, 0.1) is 11.3 Å². The van der Waals surface area contributed by atoms with Crippen LogP contribution in [-0.2, 0) is 4.74 Å². The van der Waals surface area contributed by atoms with E-state index in [0.717, 1.165) is 63.4 Å². The maximum atomic E-state index is 6.35. The molecule has 1 aromatic heterocycles. The van der Waals surface area contributed by atoms with Gasteiger partial charge < -0.3 is 14.5 Å². The van der Waals surface area contributed by atoms with E-state index in [0.29, 0.717) is 6.10 Å². The van der Waals surface area contributed by atoms with Gasteiger partial charge in [0.25, 0.3) is 0 Å². The van der Waals surface area contributed by atoms with Crippen LogP contribution < -0.4 is 9.80 Å². The molecule has 0 aliphatic carbocycles. The minimum Gasteiger partial charge on any atom is -0.378 e. The molecule has 0 aromatic carbocycles. The summed E-state index contributed by atoms with van der Waals surface area (Å²) in [5.74, 6) is 2.44. The van der Waals surface area contributed by atoms with Gasteiger partial charge in [-0.2, -0.15) is 4.98 Å². The Kier molecular flexibility index (Phi) is 11.7. The Morgan fingerprint density at radius 1 is 1.06 bits per heavy atom. The van der Waals surface area contributed by atoms with Gasteiger partial charge in [-0.05, 0) is 43.4 Å². The van der Waals surface area contributed by atoms with Gasteiger partial charge in [-0.15, -0.1) is 0 Å². The SMILES string of the molecule is CCCCN(CCCC)c1ncnc(N2CCC(OCC(C)(C)CCCC(C)C)CC2)n1. The molecule has 0 atom stereocenters. The third-order valence-electron chi connectivity index (χ3n) is 6.46. The topological polar surface area (TPSA) is 54.4 Å². The third-order valence-corrected chi connectivity index (χ3v) is 6.46. The summed E-state index contributed by atoms with van der Waals surface area (Å²) in [6, 6.07) is 0. The molecule has 0 saturated carbocycles. The van der Waals surface area contributed by atoms with Gasteiger partial charge in [0, 0.05) is 26.2 Å². The second-order valence-corrected chi connectivity index (χ2v) is 10.7. The number of hydrogen-bond donors (Lipinski definition) is 0. The van der Waals surface area contributed by atoms with E-state index in [9.17, 15) is 0 Å². The van der Waals surface area contributed by atoms with Crippen molar-refractivity contribution in [1.82, 2.24) is 15.0 Å². The Bertz CT molecular complexity index is 620. The third kappa shape index (κ3) is 9.60.